The molecule has 1 aliphatic heterocycles. The van der Waals surface area contributed by atoms with Crippen molar-refractivity contribution in [3.8, 4) is 0 Å². The molecule has 1 heterocycles. The zero-order valence-electron chi connectivity index (χ0n) is 9.77. The molecule has 2 fully saturated rings. The molecule has 3 nitrogen and oxygen atoms in total. The van der Waals surface area contributed by atoms with E-state index in [0.29, 0.717) is 17.9 Å². The van der Waals surface area contributed by atoms with Gasteiger partial charge in [0.25, 0.3) is 5.91 Å². The molecule has 1 aromatic carbocycles. The topological polar surface area (TPSA) is 41.1 Å². The largest absolute Gasteiger partial charge is 0.349 e. The lowest BCUT2D eigenvalue weighted by atomic mass is 10.1. The average Bonchev–Trinajstić information content (AvgIpc) is 2.74. The molecule has 1 saturated carbocycles. The van der Waals surface area contributed by atoms with Crippen LogP contribution in [0.1, 0.15) is 15.9 Å². The third-order valence-corrected chi connectivity index (χ3v) is 3.67. The van der Waals surface area contributed by atoms with Gasteiger partial charge >= 0.3 is 0 Å². The van der Waals surface area contributed by atoms with Gasteiger partial charge in [-0.1, -0.05) is 17.7 Å². The Kier molecular flexibility index (Phi) is 3.40. The zero-order chi connectivity index (χ0) is 11.1. The van der Waals surface area contributed by atoms with Crippen molar-refractivity contribution in [2.24, 2.45) is 11.8 Å². The number of aryl methyl sites for hydroxylation is 1. The summed E-state index contributed by atoms with van der Waals surface area (Å²) >= 11 is 0. The van der Waals surface area contributed by atoms with Crippen LogP contribution in [-0.4, -0.2) is 25.0 Å². The molecule has 3 rings (SSSR count). The first kappa shape index (κ1) is 12.4. The number of rotatable bonds is 2. The summed E-state index contributed by atoms with van der Waals surface area (Å²) in [6, 6.07) is 8.16. The molecule has 2 N–H and O–H groups in total. The van der Waals surface area contributed by atoms with Crippen LogP contribution < -0.4 is 10.6 Å². The van der Waals surface area contributed by atoms with E-state index >= 15 is 0 Å². The van der Waals surface area contributed by atoms with Crippen molar-refractivity contribution in [2.75, 3.05) is 13.1 Å². The highest BCUT2D eigenvalue weighted by atomic mass is 35.5. The van der Waals surface area contributed by atoms with Crippen LogP contribution in [-0.2, 0) is 0 Å². The van der Waals surface area contributed by atoms with E-state index in [-0.39, 0.29) is 18.3 Å². The number of carbonyl (C=O) groups is 1. The maximum absolute atomic E-state index is 11.9. The maximum Gasteiger partial charge on any atom is 0.251 e. The summed E-state index contributed by atoms with van der Waals surface area (Å²) < 4.78 is 0. The number of amides is 1. The van der Waals surface area contributed by atoms with Gasteiger partial charge in [0.15, 0.2) is 0 Å². The Hall–Kier alpha value is -1.06. The lowest BCUT2D eigenvalue weighted by Crippen LogP contribution is -2.32. The van der Waals surface area contributed by atoms with Crippen molar-refractivity contribution >= 4 is 18.3 Å². The van der Waals surface area contributed by atoms with E-state index in [1.165, 1.54) is 0 Å². The molecule has 2 unspecified atom stereocenters. The fourth-order valence-electron chi connectivity index (χ4n) is 2.65. The smallest absolute Gasteiger partial charge is 0.251 e. The molecule has 1 aromatic rings. The Balaban J connectivity index is 0.00000108. The second-order valence-electron chi connectivity index (χ2n) is 4.85. The van der Waals surface area contributed by atoms with Crippen LogP contribution in [0, 0.1) is 18.8 Å². The van der Waals surface area contributed by atoms with E-state index < -0.39 is 0 Å². The fourth-order valence-corrected chi connectivity index (χ4v) is 2.65. The molecule has 0 radical (unpaired) electrons. The van der Waals surface area contributed by atoms with Gasteiger partial charge in [0, 0.05) is 24.7 Å². The summed E-state index contributed by atoms with van der Waals surface area (Å²) in [5.74, 6) is 1.42. The molecule has 17 heavy (non-hydrogen) atoms. The van der Waals surface area contributed by atoms with Gasteiger partial charge in [-0.15, -0.1) is 12.4 Å². The quantitative estimate of drug-likeness (QED) is 0.835. The molecule has 0 bridgehead atoms. The number of fused-ring (bicyclic) bond motifs is 1. The highest BCUT2D eigenvalue weighted by Gasteiger charge is 2.53. The van der Waals surface area contributed by atoms with Crippen molar-refractivity contribution in [1.82, 2.24) is 10.6 Å². The molecule has 0 spiro atoms. The molecule has 92 valence electrons. The first-order valence-corrected chi connectivity index (χ1v) is 5.84. The summed E-state index contributed by atoms with van der Waals surface area (Å²) in [6.07, 6.45) is 0. The number of halogens is 1. The molecule has 1 aliphatic carbocycles. The van der Waals surface area contributed by atoms with E-state index in [1.807, 2.05) is 31.2 Å². The van der Waals surface area contributed by atoms with E-state index in [4.69, 9.17) is 0 Å². The number of carbonyl (C=O) groups excluding carboxylic acids is 1. The molecule has 1 amide bonds. The van der Waals surface area contributed by atoms with Gasteiger partial charge < -0.3 is 10.6 Å². The molecule has 2 aliphatic rings. The Morgan fingerprint density at radius 2 is 2.06 bits per heavy atom. The third kappa shape index (κ3) is 2.31. The van der Waals surface area contributed by atoms with E-state index in [2.05, 4.69) is 10.6 Å². The van der Waals surface area contributed by atoms with Crippen LogP contribution in [0.15, 0.2) is 24.3 Å². The summed E-state index contributed by atoms with van der Waals surface area (Å²) in [5.41, 5.74) is 1.91. The standard InChI is InChI=1S/C13H16N2O.ClH/c1-8-3-2-4-9(5-8)13(16)15-12-10-6-14-7-11(10)12;/h2-5,10-12,14H,6-7H2,1H3,(H,15,16);1H. The Bertz CT molecular complexity index is 425. The Morgan fingerprint density at radius 3 is 2.71 bits per heavy atom. The molecular formula is C13H17ClN2O. The predicted molar refractivity (Wildman–Crippen MR) is 69.5 cm³/mol. The molecule has 0 aromatic heterocycles. The van der Waals surface area contributed by atoms with E-state index in [0.717, 1.165) is 24.2 Å². The van der Waals surface area contributed by atoms with Crippen LogP contribution in [0.25, 0.3) is 0 Å². The van der Waals surface area contributed by atoms with Gasteiger partial charge in [-0.05, 0) is 30.9 Å². The van der Waals surface area contributed by atoms with Crippen molar-refractivity contribution in [2.45, 2.75) is 13.0 Å². The van der Waals surface area contributed by atoms with Gasteiger partial charge in [-0.25, -0.2) is 0 Å². The highest BCUT2D eigenvalue weighted by Crippen LogP contribution is 2.41. The average molecular weight is 253 g/mol. The van der Waals surface area contributed by atoms with Crippen LogP contribution in [0.5, 0.6) is 0 Å². The van der Waals surface area contributed by atoms with Crippen LogP contribution in [0.3, 0.4) is 0 Å². The van der Waals surface area contributed by atoms with Crippen LogP contribution in [0.4, 0.5) is 0 Å². The summed E-state index contributed by atoms with van der Waals surface area (Å²) in [5, 5.41) is 6.44. The van der Waals surface area contributed by atoms with E-state index in [9.17, 15) is 4.79 Å². The minimum Gasteiger partial charge on any atom is -0.349 e. The summed E-state index contributed by atoms with van der Waals surface area (Å²) in [4.78, 5) is 11.9. The minimum atomic E-state index is 0. The van der Waals surface area contributed by atoms with Crippen molar-refractivity contribution in [3.63, 3.8) is 0 Å². The first-order valence-electron chi connectivity index (χ1n) is 5.84. The molecule has 4 heteroatoms. The summed E-state index contributed by atoms with van der Waals surface area (Å²) in [6.45, 7) is 4.12. The number of piperidine rings is 1. The van der Waals surface area contributed by atoms with Gasteiger partial charge in [0.05, 0.1) is 0 Å². The fraction of sp³-hybridized carbons (Fsp3) is 0.462. The van der Waals surface area contributed by atoms with Crippen molar-refractivity contribution in [1.29, 1.82) is 0 Å². The van der Waals surface area contributed by atoms with E-state index in [1.54, 1.807) is 0 Å². The van der Waals surface area contributed by atoms with Gasteiger partial charge in [-0.3, -0.25) is 4.79 Å². The van der Waals surface area contributed by atoms with Crippen molar-refractivity contribution in [3.05, 3.63) is 35.4 Å². The lowest BCUT2D eigenvalue weighted by molar-refractivity contribution is 0.0946. The van der Waals surface area contributed by atoms with Crippen LogP contribution >= 0.6 is 12.4 Å². The van der Waals surface area contributed by atoms with Gasteiger partial charge in [-0.2, -0.15) is 0 Å². The predicted octanol–water partition coefficient (Wildman–Crippen LogP) is 1.36. The Morgan fingerprint density at radius 1 is 1.35 bits per heavy atom. The molecule has 1 saturated heterocycles. The van der Waals surface area contributed by atoms with Crippen LogP contribution in [0.2, 0.25) is 0 Å². The monoisotopic (exact) mass is 252 g/mol. The Labute approximate surface area is 107 Å². The zero-order valence-corrected chi connectivity index (χ0v) is 10.6. The number of hydrogen-bond donors (Lipinski definition) is 2. The second-order valence-corrected chi connectivity index (χ2v) is 4.85. The highest BCUT2D eigenvalue weighted by molar-refractivity contribution is 5.94. The second kappa shape index (κ2) is 4.67. The van der Waals surface area contributed by atoms with Gasteiger partial charge in [0.1, 0.15) is 0 Å². The third-order valence-electron chi connectivity index (χ3n) is 3.67. The SMILES string of the molecule is Cc1cccc(C(=O)NC2C3CNCC32)c1.Cl. The number of benzene rings is 1. The molecular weight excluding hydrogens is 236 g/mol. The van der Waals surface area contributed by atoms with Crippen molar-refractivity contribution < 1.29 is 4.79 Å². The number of nitrogens with one attached hydrogen (secondary N) is 2. The summed E-state index contributed by atoms with van der Waals surface area (Å²) in [7, 11) is 0. The first-order chi connectivity index (χ1) is 7.75. The minimum absolute atomic E-state index is 0. The normalized spacial score (nSPS) is 29.1. The maximum atomic E-state index is 11.9. The lowest BCUT2D eigenvalue weighted by Gasteiger charge is -2.08. The van der Waals surface area contributed by atoms with Gasteiger partial charge in [0.2, 0.25) is 0 Å². The molecule has 2 atom stereocenters. The number of hydrogen-bond acceptors (Lipinski definition) is 2.